The highest BCUT2D eigenvalue weighted by atomic mass is 19.1. The zero-order valence-corrected chi connectivity index (χ0v) is 10.6. The lowest BCUT2D eigenvalue weighted by atomic mass is 10.2. The molecule has 0 unspecified atom stereocenters. The van der Waals surface area contributed by atoms with Crippen LogP contribution in [0.4, 0.5) is 4.39 Å². The van der Waals surface area contributed by atoms with Crippen LogP contribution >= 0.6 is 0 Å². The first-order valence-electron chi connectivity index (χ1n) is 6.44. The third kappa shape index (κ3) is 4.69. The van der Waals surface area contributed by atoms with Crippen LogP contribution in [0.1, 0.15) is 31.2 Å². The summed E-state index contributed by atoms with van der Waals surface area (Å²) < 4.78 is 12.6. The van der Waals surface area contributed by atoms with Crippen molar-refractivity contribution in [2.75, 3.05) is 6.61 Å². The fraction of sp³-hybridized carbons (Fsp3) is 0.429. The van der Waals surface area contributed by atoms with Gasteiger partial charge in [0.2, 0.25) is 0 Å². The SMILES string of the molecule is O=C(CO/N=C/c1ccc(F)cc1)NC1CCCC1. The molecule has 0 atom stereocenters. The van der Waals surface area contributed by atoms with E-state index < -0.39 is 0 Å². The summed E-state index contributed by atoms with van der Waals surface area (Å²) in [6, 6.07) is 6.14. The van der Waals surface area contributed by atoms with Crippen molar-refractivity contribution in [2.24, 2.45) is 5.16 Å². The molecule has 1 aliphatic rings. The average Bonchev–Trinajstić information content (AvgIpc) is 2.89. The first kappa shape index (κ1) is 13.5. The summed E-state index contributed by atoms with van der Waals surface area (Å²) in [6.07, 6.45) is 5.89. The summed E-state index contributed by atoms with van der Waals surface area (Å²) in [7, 11) is 0. The summed E-state index contributed by atoms with van der Waals surface area (Å²) in [4.78, 5) is 16.4. The van der Waals surface area contributed by atoms with Gasteiger partial charge in [-0.3, -0.25) is 4.79 Å². The Morgan fingerprint density at radius 3 is 2.74 bits per heavy atom. The molecule has 102 valence electrons. The molecule has 1 amide bonds. The molecule has 2 rings (SSSR count). The maximum atomic E-state index is 12.6. The monoisotopic (exact) mass is 264 g/mol. The summed E-state index contributed by atoms with van der Waals surface area (Å²) in [5.41, 5.74) is 0.720. The van der Waals surface area contributed by atoms with Crippen molar-refractivity contribution < 1.29 is 14.0 Å². The molecule has 0 radical (unpaired) electrons. The van der Waals surface area contributed by atoms with E-state index in [4.69, 9.17) is 4.84 Å². The Morgan fingerprint density at radius 2 is 2.05 bits per heavy atom. The van der Waals surface area contributed by atoms with E-state index in [9.17, 15) is 9.18 Å². The molecule has 0 heterocycles. The number of hydrogen-bond donors (Lipinski definition) is 1. The van der Waals surface area contributed by atoms with Crippen LogP contribution in [-0.4, -0.2) is 24.8 Å². The lowest BCUT2D eigenvalue weighted by molar-refractivity contribution is -0.126. The molecule has 1 aromatic rings. The largest absolute Gasteiger partial charge is 0.386 e. The van der Waals surface area contributed by atoms with Gasteiger partial charge in [-0.2, -0.15) is 0 Å². The minimum Gasteiger partial charge on any atom is -0.386 e. The quantitative estimate of drug-likeness (QED) is 0.655. The van der Waals surface area contributed by atoms with E-state index in [1.165, 1.54) is 31.2 Å². The number of halogens is 1. The average molecular weight is 264 g/mol. The van der Waals surface area contributed by atoms with Gasteiger partial charge >= 0.3 is 0 Å². The number of carbonyl (C=O) groups is 1. The van der Waals surface area contributed by atoms with Crippen molar-refractivity contribution in [2.45, 2.75) is 31.7 Å². The minimum absolute atomic E-state index is 0.0891. The zero-order chi connectivity index (χ0) is 13.5. The van der Waals surface area contributed by atoms with E-state index in [0.717, 1.165) is 18.4 Å². The maximum Gasteiger partial charge on any atom is 0.260 e. The van der Waals surface area contributed by atoms with Gasteiger partial charge in [0, 0.05) is 6.04 Å². The molecule has 1 saturated carbocycles. The van der Waals surface area contributed by atoms with Crippen molar-refractivity contribution in [3.05, 3.63) is 35.6 Å². The van der Waals surface area contributed by atoms with E-state index >= 15 is 0 Å². The Kier molecular flexibility index (Phi) is 4.89. The van der Waals surface area contributed by atoms with Gasteiger partial charge < -0.3 is 10.2 Å². The van der Waals surface area contributed by atoms with Gasteiger partial charge in [0.1, 0.15) is 5.82 Å². The van der Waals surface area contributed by atoms with Crippen LogP contribution in [-0.2, 0) is 9.63 Å². The number of hydrogen-bond acceptors (Lipinski definition) is 3. The summed E-state index contributed by atoms with van der Waals surface area (Å²) >= 11 is 0. The van der Waals surface area contributed by atoms with Crippen LogP contribution in [0.15, 0.2) is 29.4 Å². The summed E-state index contributed by atoms with van der Waals surface area (Å²) in [5.74, 6) is -0.447. The van der Waals surface area contributed by atoms with Gasteiger partial charge in [0.25, 0.3) is 5.91 Å². The van der Waals surface area contributed by atoms with E-state index in [1.54, 1.807) is 12.1 Å². The van der Waals surface area contributed by atoms with E-state index in [-0.39, 0.29) is 24.4 Å². The first-order chi connectivity index (χ1) is 9.24. The standard InChI is InChI=1S/C14H17FN2O2/c15-12-7-5-11(6-8-12)9-16-19-10-14(18)17-13-3-1-2-4-13/h5-9,13H,1-4,10H2,(H,17,18)/b16-9+. The predicted octanol–water partition coefficient (Wildman–Crippen LogP) is 2.24. The second kappa shape index (κ2) is 6.87. The van der Waals surface area contributed by atoms with Gasteiger partial charge in [-0.15, -0.1) is 0 Å². The second-order valence-electron chi connectivity index (χ2n) is 4.61. The normalized spacial score (nSPS) is 15.8. The molecule has 0 bridgehead atoms. The van der Waals surface area contributed by atoms with E-state index in [1.807, 2.05) is 0 Å². The molecule has 5 heteroatoms. The Morgan fingerprint density at radius 1 is 1.37 bits per heavy atom. The van der Waals surface area contributed by atoms with Crippen molar-refractivity contribution in [1.29, 1.82) is 0 Å². The van der Waals surface area contributed by atoms with Gasteiger partial charge in [-0.25, -0.2) is 4.39 Å². The van der Waals surface area contributed by atoms with Gasteiger partial charge in [-0.1, -0.05) is 30.1 Å². The third-order valence-corrected chi connectivity index (χ3v) is 3.06. The molecule has 1 fully saturated rings. The number of oxime groups is 1. The molecule has 0 saturated heterocycles. The first-order valence-corrected chi connectivity index (χ1v) is 6.44. The molecular weight excluding hydrogens is 247 g/mol. The van der Waals surface area contributed by atoms with E-state index in [2.05, 4.69) is 10.5 Å². The lowest BCUT2D eigenvalue weighted by Gasteiger charge is -2.10. The maximum absolute atomic E-state index is 12.6. The minimum atomic E-state index is -0.297. The number of nitrogens with zero attached hydrogens (tertiary/aromatic N) is 1. The van der Waals surface area contributed by atoms with Gasteiger partial charge in [0.05, 0.1) is 6.21 Å². The molecule has 1 aliphatic carbocycles. The molecule has 0 spiro atoms. The van der Waals surface area contributed by atoms with Crippen LogP contribution in [0.5, 0.6) is 0 Å². The van der Waals surface area contributed by atoms with Crippen molar-refractivity contribution in [3.8, 4) is 0 Å². The van der Waals surface area contributed by atoms with Crippen LogP contribution in [0, 0.1) is 5.82 Å². The van der Waals surface area contributed by atoms with Crippen LogP contribution in [0.25, 0.3) is 0 Å². The Bertz CT molecular complexity index is 439. The third-order valence-electron chi connectivity index (χ3n) is 3.06. The Balaban J connectivity index is 1.67. The molecule has 4 nitrogen and oxygen atoms in total. The summed E-state index contributed by atoms with van der Waals surface area (Å²) in [6.45, 7) is -0.0891. The number of nitrogens with one attached hydrogen (secondary N) is 1. The molecule has 0 aromatic heterocycles. The summed E-state index contributed by atoms with van der Waals surface area (Å²) in [5, 5.41) is 6.58. The highest BCUT2D eigenvalue weighted by Gasteiger charge is 2.16. The fourth-order valence-corrected chi connectivity index (χ4v) is 2.08. The molecular formula is C14H17FN2O2. The molecule has 19 heavy (non-hydrogen) atoms. The van der Waals surface area contributed by atoms with Gasteiger partial charge in [-0.05, 0) is 30.5 Å². The van der Waals surface area contributed by atoms with Crippen molar-refractivity contribution in [3.63, 3.8) is 0 Å². The predicted molar refractivity (Wildman–Crippen MR) is 70.3 cm³/mol. The van der Waals surface area contributed by atoms with Crippen LogP contribution in [0.3, 0.4) is 0 Å². The number of rotatable bonds is 5. The smallest absolute Gasteiger partial charge is 0.260 e. The fourth-order valence-electron chi connectivity index (χ4n) is 2.08. The zero-order valence-electron chi connectivity index (χ0n) is 10.6. The topological polar surface area (TPSA) is 50.7 Å². The Labute approximate surface area is 111 Å². The highest BCUT2D eigenvalue weighted by molar-refractivity contribution is 5.79. The molecule has 1 aromatic carbocycles. The number of carbonyl (C=O) groups excluding carboxylic acids is 1. The Hall–Kier alpha value is -1.91. The van der Waals surface area contributed by atoms with Crippen molar-refractivity contribution in [1.82, 2.24) is 5.32 Å². The number of benzene rings is 1. The lowest BCUT2D eigenvalue weighted by Crippen LogP contribution is -2.34. The van der Waals surface area contributed by atoms with Crippen LogP contribution in [0.2, 0.25) is 0 Å². The molecule has 1 N–H and O–H groups in total. The van der Waals surface area contributed by atoms with Gasteiger partial charge in [0.15, 0.2) is 6.61 Å². The van der Waals surface area contributed by atoms with E-state index in [0.29, 0.717) is 0 Å². The molecule has 0 aliphatic heterocycles. The number of amides is 1. The van der Waals surface area contributed by atoms with Crippen LogP contribution < -0.4 is 5.32 Å². The second-order valence-corrected chi connectivity index (χ2v) is 4.61. The van der Waals surface area contributed by atoms with Crippen molar-refractivity contribution >= 4 is 12.1 Å². The highest BCUT2D eigenvalue weighted by Crippen LogP contribution is 2.17.